The van der Waals surface area contributed by atoms with Crippen LogP contribution in [0.5, 0.6) is 0 Å². The van der Waals surface area contributed by atoms with Gasteiger partial charge in [-0.2, -0.15) is 0 Å². The molecule has 100 valence electrons. The van der Waals surface area contributed by atoms with Gasteiger partial charge < -0.3 is 5.73 Å². The zero-order valence-corrected chi connectivity index (χ0v) is 11.4. The number of anilines is 1. The van der Waals surface area contributed by atoms with Gasteiger partial charge in [-0.05, 0) is 30.7 Å². The van der Waals surface area contributed by atoms with E-state index < -0.39 is 5.82 Å². The first-order chi connectivity index (χ1) is 9.58. The maximum Gasteiger partial charge on any atom is 0.163 e. The monoisotopic (exact) mass is 287 g/mol. The third-order valence-electron chi connectivity index (χ3n) is 3.15. The molecule has 1 heterocycles. The van der Waals surface area contributed by atoms with Crippen molar-refractivity contribution in [3.05, 3.63) is 52.8 Å². The zero-order valence-electron chi connectivity index (χ0n) is 10.7. The SMILES string of the molecule is Cc1cccc2c(N)nc(-c3cccc(F)c3Cl)nc12. The lowest BCUT2D eigenvalue weighted by Gasteiger charge is -2.08. The van der Waals surface area contributed by atoms with E-state index in [1.807, 2.05) is 25.1 Å². The average Bonchev–Trinajstić information content (AvgIpc) is 2.43. The van der Waals surface area contributed by atoms with E-state index in [1.165, 1.54) is 6.07 Å². The smallest absolute Gasteiger partial charge is 0.163 e. The Balaban J connectivity index is 2.33. The minimum absolute atomic E-state index is 0.000154. The van der Waals surface area contributed by atoms with Gasteiger partial charge in [0.15, 0.2) is 5.82 Å². The summed E-state index contributed by atoms with van der Waals surface area (Å²) in [7, 11) is 0. The Morgan fingerprint density at radius 2 is 1.85 bits per heavy atom. The summed E-state index contributed by atoms with van der Waals surface area (Å²) in [5, 5.41) is 0.779. The maximum absolute atomic E-state index is 13.5. The molecule has 0 saturated carbocycles. The van der Waals surface area contributed by atoms with E-state index in [0.29, 0.717) is 17.2 Å². The van der Waals surface area contributed by atoms with Crippen LogP contribution in [0.3, 0.4) is 0 Å². The summed E-state index contributed by atoms with van der Waals surface area (Å²) in [6.07, 6.45) is 0. The van der Waals surface area contributed by atoms with E-state index >= 15 is 0 Å². The number of hydrogen-bond donors (Lipinski definition) is 1. The molecule has 0 saturated heterocycles. The van der Waals surface area contributed by atoms with Crippen molar-refractivity contribution in [2.75, 3.05) is 5.73 Å². The minimum Gasteiger partial charge on any atom is -0.383 e. The highest BCUT2D eigenvalue weighted by atomic mass is 35.5. The fraction of sp³-hybridized carbons (Fsp3) is 0.0667. The van der Waals surface area contributed by atoms with Crippen LogP contribution in [0.2, 0.25) is 5.02 Å². The fourth-order valence-corrected chi connectivity index (χ4v) is 2.33. The predicted octanol–water partition coefficient (Wildman–Crippen LogP) is 3.98. The zero-order chi connectivity index (χ0) is 14.3. The lowest BCUT2D eigenvalue weighted by molar-refractivity contribution is 0.628. The Bertz CT molecular complexity index is 818. The van der Waals surface area contributed by atoms with Crippen LogP contribution < -0.4 is 5.73 Å². The number of nitrogen functional groups attached to an aromatic ring is 1. The van der Waals surface area contributed by atoms with Crippen molar-refractivity contribution in [2.24, 2.45) is 0 Å². The molecular formula is C15H11ClFN3. The molecule has 1 aromatic heterocycles. The molecule has 3 nitrogen and oxygen atoms in total. The van der Waals surface area contributed by atoms with Gasteiger partial charge in [-0.25, -0.2) is 14.4 Å². The number of halogens is 2. The van der Waals surface area contributed by atoms with Crippen LogP contribution in [0.1, 0.15) is 5.56 Å². The standard InChI is InChI=1S/C15H11ClFN3/c1-8-4-2-6-10-13(8)19-15(20-14(10)18)9-5-3-7-11(17)12(9)16/h2-7H,1H3,(H2,18,19,20). The number of benzene rings is 2. The van der Waals surface area contributed by atoms with Crippen molar-refractivity contribution in [2.45, 2.75) is 6.92 Å². The molecule has 0 aliphatic carbocycles. The highest BCUT2D eigenvalue weighted by molar-refractivity contribution is 6.33. The Kier molecular flexibility index (Phi) is 3.03. The molecule has 0 aliphatic heterocycles. The largest absolute Gasteiger partial charge is 0.383 e. The van der Waals surface area contributed by atoms with Crippen molar-refractivity contribution in [3.63, 3.8) is 0 Å². The van der Waals surface area contributed by atoms with E-state index in [4.69, 9.17) is 17.3 Å². The van der Waals surface area contributed by atoms with Gasteiger partial charge in [0.1, 0.15) is 11.6 Å². The summed E-state index contributed by atoms with van der Waals surface area (Å²) in [6, 6.07) is 10.2. The van der Waals surface area contributed by atoms with Gasteiger partial charge >= 0.3 is 0 Å². The number of rotatable bonds is 1. The van der Waals surface area contributed by atoms with Gasteiger partial charge in [-0.3, -0.25) is 0 Å². The molecule has 0 fully saturated rings. The van der Waals surface area contributed by atoms with Crippen LogP contribution in [0, 0.1) is 12.7 Å². The minimum atomic E-state index is -0.504. The molecule has 0 atom stereocenters. The normalized spacial score (nSPS) is 10.9. The number of aryl methyl sites for hydroxylation is 1. The Labute approximate surface area is 120 Å². The van der Waals surface area contributed by atoms with E-state index in [2.05, 4.69) is 9.97 Å². The summed E-state index contributed by atoms with van der Waals surface area (Å²) in [6.45, 7) is 1.94. The van der Waals surface area contributed by atoms with Crippen LogP contribution in [0.25, 0.3) is 22.3 Å². The van der Waals surface area contributed by atoms with Crippen molar-refractivity contribution in [1.29, 1.82) is 0 Å². The van der Waals surface area contributed by atoms with Gasteiger partial charge in [0.05, 0.1) is 10.5 Å². The summed E-state index contributed by atoms with van der Waals surface area (Å²) < 4.78 is 13.5. The van der Waals surface area contributed by atoms with E-state index in [1.54, 1.807) is 12.1 Å². The Morgan fingerprint density at radius 1 is 1.10 bits per heavy atom. The van der Waals surface area contributed by atoms with Crippen LogP contribution in [0.4, 0.5) is 10.2 Å². The average molecular weight is 288 g/mol. The van der Waals surface area contributed by atoms with Gasteiger partial charge in [0, 0.05) is 10.9 Å². The van der Waals surface area contributed by atoms with Crippen molar-refractivity contribution in [1.82, 2.24) is 9.97 Å². The molecular weight excluding hydrogens is 277 g/mol. The van der Waals surface area contributed by atoms with Crippen LogP contribution in [0.15, 0.2) is 36.4 Å². The molecule has 0 radical (unpaired) electrons. The van der Waals surface area contributed by atoms with Crippen molar-refractivity contribution in [3.8, 4) is 11.4 Å². The topological polar surface area (TPSA) is 51.8 Å². The molecule has 0 unspecified atom stereocenters. The summed E-state index contributed by atoms with van der Waals surface area (Å²) >= 11 is 5.98. The van der Waals surface area contributed by atoms with Crippen molar-refractivity contribution >= 4 is 28.3 Å². The first kappa shape index (κ1) is 12.8. The van der Waals surface area contributed by atoms with Crippen LogP contribution >= 0.6 is 11.6 Å². The van der Waals surface area contributed by atoms with E-state index in [9.17, 15) is 4.39 Å². The third-order valence-corrected chi connectivity index (χ3v) is 3.53. The number of nitrogens with two attached hydrogens (primary N) is 1. The number of fused-ring (bicyclic) bond motifs is 1. The summed E-state index contributed by atoms with van der Waals surface area (Å²) in [4.78, 5) is 8.70. The molecule has 0 aliphatic rings. The number of para-hydroxylation sites is 1. The molecule has 0 amide bonds. The molecule has 0 bridgehead atoms. The molecule has 2 N–H and O–H groups in total. The number of aromatic nitrogens is 2. The Morgan fingerprint density at radius 3 is 2.65 bits per heavy atom. The van der Waals surface area contributed by atoms with E-state index in [-0.39, 0.29) is 5.02 Å². The molecule has 5 heteroatoms. The van der Waals surface area contributed by atoms with Gasteiger partial charge in [0.2, 0.25) is 0 Å². The Hall–Kier alpha value is -2.20. The van der Waals surface area contributed by atoms with Gasteiger partial charge in [-0.15, -0.1) is 0 Å². The maximum atomic E-state index is 13.5. The predicted molar refractivity (Wildman–Crippen MR) is 79.1 cm³/mol. The fourth-order valence-electron chi connectivity index (χ4n) is 2.12. The molecule has 20 heavy (non-hydrogen) atoms. The number of nitrogens with zero attached hydrogens (tertiary/aromatic N) is 2. The third kappa shape index (κ3) is 1.98. The van der Waals surface area contributed by atoms with Gasteiger partial charge in [0.25, 0.3) is 0 Å². The lowest BCUT2D eigenvalue weighted by Crippen LogP contribution is -1.99. The van der Waals surface area contributed by atoms with Crippen molar-refractivity contribution < 1.29 is 4.39 Å². The summed E-state index contributed by atoms with van der Waals surface area (Å²) in [5.74, 6) is 0.180. The van der Waals surface area contributed by atoms with Crippen LogP contribution in [-0.4, -0.2) is 9.97 Å². The second kappa shape index (κ2) is 4.72. The first-order valence-corrected chi connectivity index (χ1v) is 6.43. The lowest BCUT2D eigenvalue weighted by atomic mass is 10.1. The van der Waals surface area contributed by atoms with Crippen LogP contribution in [-0.2, 0) is 0 Å². The van der Waals surface area contributed by atoms with Gasteiger partial charge in [-0.1, -0.05) is 29.8 Å². The second-order valence-corrected chi connectivity index (χ2v) is 4.88. The highest BCUT2D eigenvalue weighted by Gasteiger charge is 2.13. The molecule has 3 rings (SSSR count). The molecule has 2 aromatic carbocycles. The molecule has 0 spiro atoms. The first-order valence-electron chi connectivity index (χ1n) is 6.05. The number of hydrogen-bond acceptors (Lipinski definition) is 3. The highest BCUT2D eigenvalue weighted by Crippen LogP contribution is 2.30. The second-order valence-electron chi connectivity index (χ2n) is 4.50. The molecule has 3 aromatic rings. The summed E-state index contributed by atoms with van der Waals surface area (Å²) in [5.41, 5.74) is 8.12. The quantitative estimate of drug-likeness (QED) is 0.736. The van der Waals surface area contributed by atoms with E-state index in [0.717, 1.165) is 16.5 Å².